The van der Waals surface area contributed by atoms with Gasteiger partial charge in [-0.2, -0.15) is 5.10 Å². The van der Waals surface area contributed by atoms with E-state index in [1.165, 1.54) is 45.3 Å². The summed E-state index contributed by atoms with van der Waals surface area (Å²) in [6.45, 7) is 5.99. The van der Waals surface area contributed by atoms with E-state index < -0.39 is 0 Å². The van der Waals surface area contributed by atoms with Gasteiger partial charge in [0.25, 0.3) is 0 Å². The molecule has 0 atom stereocenters. The minimum atomic E-state index is -0.0365. The highest BCUT2D eigenvalue weighted by Crippen LogP contribution is 2.23. The standard InChI is InChI=1S/C15H24N4O/c20-12-14-3-4-15(17-16-14)19-9-5-13(6-10-19)11-18-7-1-2-8-18/h3-4,13,20H,1-2,5-12H2. The number of anilines is 1. The van der Waals surface area contributed by atoms with Gasteiger partial charge in [-0.25, -0.2) is 0 Å². The van der Waals surface area contributed by atoms with Crippen molar-refractivity contribution in [3.63, 3.8) is 0 Å². The molecule has 0 amide bonds. The van der Waals surface area contributed by atoms with Gasteiger partial charge in [0.1, 0.15) is 0 Å². The molecule has 0 aliphatic carbocycles. The average Bonchev–Trinajstić information content (AvgIpc) is 3.01. The van der Waals surface area contributed by atoms with Crippen LogP contribution < -0.4 is 4.90 Å². The van der Waals surface area contributed by atoms with Crippen molar-refractivity contribution >= 4 is 5.82 Å². The summed E-state index contributed by atoms with van der Waals surface area (Å²) in [7, 11) is 0. The van der Waals surface area contributed by atoms with Crippen molar-refractivity contribution in [2.75, 3.05) is 37.6 Å². The predicted molar refractivity (Wildman–Crippen MR) is 78.6 cm³/mol. The fraction of sp³-hybridized carbons (Fsp3) is 0.733. The highest BCUT2D eigenvalue weighted by atomic mass is 16.3. The van der Waals surface area contributed by atoms with Crippen molar-refractivity contribution in [1.82, 2.24) is 15.1 Å². The van der Waals surface area contributed by atoms with Crippen molar-refractivity contribution in [2.45, 2.75) is 32.3 Å². The number of rotatable bonds is 4. The molecule has 0 saturated carbocycles. The molecule has 0 spiro atoms. The van der Waals surface area contributed by atoms with Crippen LogP contribution in [-0.2, 0) is 6.61 Å². The Balaban J connectivity index is 1.49. The van der Waals surface area contributed by atoms with Crippen LogP contribution in [0, 0.1) is 5.92 Å². The van der Waals surface area contributed by atoms with Crippen molar-refractivity contribution in [3.8, 4) is 0 Å². The second-order valence-corrected chi connectivity index (χ2v) is 5.98. The third kappa shape index (κ3) is 3.27. The molecule has 0 bridgehead atoms. The van der Waals surface area contributed by atoms with Gasteiger partial charge >= 0.3 is 0 Å². The number of aromatic nitrogens is 2. The first-order chi connectivity index (χ1) is 9.85. The van der Waals surface area contributed by atoms with Gasteiger partial charge < -0.3 is 14.9 Å². The first-order valence-corrected chi connectivity index (χ1v) is 7.76. The fourth-order valence-electron chi connectivity index (χ4n) is 3.28. The van der Waals surface area contributed by atoms with Crippen LogP contribution in [0.3, 0.4) is 0 Å². The van der Waals surface area contributed by atoms with Gasteiger partial charge in [-0.1, -0.05) is 0 Å². The molecule has 1 aromatic heterocycles. The minimum Gasteiger partial charge on any atom is -0.390 e. The largest absolute Gasteiger partial charge is 0.390 e. The number of piperidine rings is 1. The van der Waals surface area contributed by atoms with Gasteiger partial charge in [-0.05, 0) is 56.8 Å². The SMILES string of the molecule is OCc1ccc(N2CCC(CN3CCCC3)CC2)nn1. The molecule has 5 heteroatoms. The highest BCUT2D eigenvalue weighted by molar-refractivity contribution is 5.37. The van der Waals surface area contributed by atoms with Crippen molar-refractivity contribution in [2.24, 2.45) is 5.92 Å². The maximum absolute atomic E-state index is 8.99. The maximum atomic E-state index is 8.99. The Hall–Kier alpha value is -1.20. The second-order valence-electron chi connectivity index (χ2n) is 5.98. The third-order valence-electron chi connectivity index (χ3n) is 4.52. The summed E-state index contributed by atoms with van der Waals surface area (Å²) < 4.78 is 0. The Morgan fingerprint density at radius 1 is 1.05 bits per heavy atom. The number of hydrogen-bond acceptors (Lipinski definition) is 5. The Bertz CT molecular complexity index is 408. The van der Waals surface area contributed by atoms with E-state index in [1.807, 2.05) is 12.1 Å². The van der Waals surface area contributed by atoms with Gasteiger partial charge in [0.15, 0.2) is 5.82 Å². The molecule has 3 rings (SSSR count). The van der Waals surface area contributed by atoms with Gasteiger partial charge in [-0.15, -0.1) is 5.10 Å². The number of nitrogens with zero attached hydrogens (tertiary/aromatic N) is 4. The molecule has 20 heavy (non-hydrogen) atoms. The molecule has 1 aromatic rings. The summed E-state index contributed by atoms with van der Waals surface area (Å²) in [6.07, 6.45) is 5.26. The van der Waals surface area contributed by atoms with E-state index in [0.29, 0.717) is 5.69 Å². The molecule has 0 aromatic carbocycles. The first kappa shape index (κ1) is 13.8. The Morgan fingerprint density at radius 3 is 2.40 bits per heavy atom. The molecular formula is C15H24N4O. The zero-order valence-electron chi connectivity index (χ0n) is 12.0. The number of hydrogen-bond donors (Lipinski definition) is 1. The normalized spacial score (nSPS) is 21.6. The van der Waals surface area contributed by atoms with E-state index in [4.69, 9.17) is 5.11 Å². The number of aliphatic hydroxyl groups excluding tert-OH is 1. The van der Waals surface area contributed by atoms with Crippen LogP contribution in [0.4, 0.5) is 5.82 Å². The molecule has 2 aliphatic heterocycles. The van der Waals surface area contributed by atoms with Crippen molar-refractivity contribution < 1.29 is 5.11 Å². The van der Waals surface area contributed by atoms with Crippen LogP contribution in [0.5, 0.6) is 0 Å². The van der Waals surface area contributed by atoms with Crippen molar-refractivity contribution in [3.05, 3.63) is 17.8 Å². The summed E-state index contributed by atoms with van der Waals surface area (Å²) in [4.78, 5) is 4.94. The molecule has 0 unspecified atom stereocenters. The molecule has 2 aliphatic rings. The van der Waals surface area contributed by atoms with Crippen molar-refractivity contribution in [1.29, 1.82) is 0 Å². The van der Waals surface area contributed by atoms with Crippen LogP contribution in [0.15, 0.2) is 12.1 Å². The third-order valence-corrected chi connectivity index (χ3v) is 4.52. The number of likely N-dealkylation sites (tertiary alicyclic amines) is 1. The highest BCUT2D eigenvalue weighted by Gasteiger charge is 2.23. The monoisotopic (exact) mass is 276 g/mol. The van der Waals surface area contributed by atoms with Gasteiger partial charge in [0.05, 0.1) is 12.3 Å². The molecule has 1 N–H and O–H groups in total. The summed E-state index contributed by atoms with van der Waals surface area (Å²) in [6, 6.07) is 3.83. The maximum Gasteiger partial charge on any atom is 0.151 e. The lowest BCUT2D eigenvalue weighted by Crippen LogP contribution is -2.38. The number of aliphatic hydroxyl groups is 1. The molecule has 5 nitrogen and oxygen atoms in total. The van der Waals surface area contributed by atoms with Crippen LogP contribution in [0.25, 0.3) is 0 Å². The van der Waals surface area contributed by atoms with Gasteiger partial charge in [0.2, 0.25) is 0 Å². The lowest BCUT2D eigenvalue weighted by atomic mass is 9.96. The van der Waals surface area contributed by atoms with Gasteiger partial charge in [-0.3, -0.25) is 0 Å². The Labute approximate surface area is 120 Å². The Morgan fingerprint density at radius 2 is 1.80 bits per heavy atom. The van der Waals surface area contributed by atoms with Crippen LogP contribution in [-0.4, -0.2) is 52.9 Å². The van der Waals surface area contributed by atoms with Gasteiger partial charge in [0, 0.05) is 19.6 Å². The summed E-state index contributed by atoms with van der Waals surface area (Å²) in [5, 5.41) is 17.2. The zero-order chi connectivity index (χ0) is 13.8. The Kier molecular flexibility index (Phi) is 4.47. The van der Waals surface area contributed by atoms with E-state index >= 15 is 0 Å². The van der Waals surface area contributed by atoms with E-state index in [1.54, 1.807) is 0 Å². The van der Waals surface area contributed by atoms with Crippen LogP contribution >= 0.6 is 0 Å². The predicted octanol–water partition coefficient (Wildman–Crippen LogP) is 1.28. The fourth-order valence-corrected chi connectivity index (χ4v) is 3.28. The second kappa shape index (κ2) is 6.50. The molecule has 110 valence electrons. The molecule has 0 radical (unpaired) electrons. The lowest BCUT2D eigenvalue weighted by molar-refractivity contribution is 0.249. The van der Waals surface area contributed by atoms with E-state index in [2.05, 4.69) is 20.0 Å². The first-order valence-electron chi connectivity index (χ1n) is 7.76. The molecule has 3 heterocycles. The van der Waals surface area contributed by atoms with Crippen LogP contribution in [0.1, 0.15) is 31.4 Å². The quantitative estimate of drug-likeness (QED) is 0.898. The smallest absolute Gasteiger partial charge is 0.151 e. The summed E-state index contributed by atoms with van der Waals surface area (Å²) >= 11 is 0. The van der Waals surface area contributed by atoms with Crippen LogP contribution in [0.2, 0.25) is 0 Å². The van der Waals surface area contributed by atoms with E-state index in [9.17, 15) is 0 Å². The summed E-state index contributed by atoms with van der Waals surface area (Å²) in [5.41, 5.74) is 0.637. The molecule has 2 saturated heterocycles. The molecule has 2 fully saturated rings. The average molecular weight is 276 g/mol. The van der Waals surface area contributed by atoms with E-state index in [0.717, 1.165) is 24.8 Å². The minimum absolute atomic E-state index is 0.0365. The molecular weight excluding hydrogens is 252 g/mol. The lowest BCUT2D eigenvalue weighted by Gasteiger charge is -2.34. The van der Waals surface area contributed by atoms with E-state index in [-0.39, 0.29) is 6.61 Å². The summed E-state index contributed by atoms with van der Waals surface area (Å²) in [5.74, 6) is 1.79. The topological polar surface area (TPSA) is 52.5 Å². The zero-order valence-corrected chi connectivity index (χ0v) is 12.0.